The van der Waals surface area contributed by atoms with Crippen molar-refractivity contribution in [2.24, 2.45) is 0 Å². The van der Waals surface area contributed by atoms with E-state index in [0.29, 0.717) is 16.7 Å². The van der Waals surface area contributed by atoms with E-state index in [0.717, 1.165) is 6.08 Å². The van der Waals surface area contributed by atoms with Crippen molar-refractivity contribution in [3.05, 3.63) is 80.0 Å². The second kappa shape index (κ2) is 8.80. The van der Waals surface area contributed by atoms with Gasteiger partial charge in [-0.15, -0.1) is 0 Å². The van der Waals surface area contributed by atoms with Crippen molar-refractivity contribution < 1.29 is 28.0 Å². The molecule has 166 valence electrons. The van der Waals surface area contributed by atoms with Gasteiger partial charge in [0.15, 0.2) is 0 Å². The maximum atomic E-state index is 13.6. The SMILES string of the molecule is Cc1cc(/C=C/C(c2cc(Cl)cc(Cl)c2)C(F)(F)F)ccc1C(=O)NC1C[N+]([O-])(O)C1. The van der Waals surface area contributed by atoms with Crippen molar-refractivity contribution in [2.45, 2.75) is 25.1 Å². The number of carbonyl (C=O) groups excluding carboxylic acids is 1. The fourth-order valence-electron chi connectivity index (χ4n) is 3.41. The van der Waals surface area contributed by atoms with Crippen LogP contribution < -0.4 is 5.32 Å². The second-order valence-corrected chi connectivity index (χ2v) is 8.41. The highest BCUT2D eigenvalue weighted by atomic mass is 35.5. The highest BCUT2D eigenvalue weighted by molar-refractivity contribution is 6.34. The van der Waals surface area contributed by atoms with Gasteiger partial charge >= 0.3 is 6.18 Å². The number of nitrogens with one attached hydrogen (secondary N) is 1. The molecule has 1 fully saturated rings. The lowest BCUT2D eigenvalue weighted by Crippen LogP contribution is -2.66. The summed E-state index contributed by atoms with van der Waals surface area (Å²) in [6.07, 6.45) is -2.22. The van der Waals surface area contributed by atoms with E-state index in [2.05, 4.69) is 5.32 Å². The maximum Gasteiger partial charge on any atom is 0.399 e. The second-order valence-electron chi connectivity index (χ2n) is 7.54. The molecule has 0 bridgehead atoms. The van der Waals surface area contributed by atoms with Crippen LogP contribution in [-0.4, -0.2) is 41.2 Å². The van der Waals surface area contributed by atoms with E-state index in [-0.39, 0.29) is 28.7 Å². The van der Waals surface area contributed by atoms with Gasteiger partial charge in [-0.2, -0.15) is 13.2 Å². The lowest BCUT2D eigenvalue weighted by molar-refractivity contribution is -1.09. The molecule has 1 atom stereocenters. The molecular formula is C21H19Cl2F3N2O3. The smallest absolute Gasteiger partial charge is 0.399 e. The standard InChI is InChI=1S/C21H19Cl2F3N2O3/c1-12-6-13(2-4-18(12)20(29)27-17-10-28(30,31)11-17)3-5-19(21(24,25)26)14-7-15(22)9-16(23)8-14/h2-9,17,19,30H,10-11H2,1H3,(H,27,29)/b5-3+. The van der Waals surface area contributed by atoms with Crippen molar-refractivity contribution in [3.63, 3.8) is 0 Å². The maximum absolute atomic E-state index is 13.6. The Labute approximate surface area is 186 Å². The summed E-state index contributed by atoms with van der Waals surface area (Å²) in [5.74, 6) is -2.32. The van der Waals surface area contributed by atoms with Crippen LogP contribution in [0.1, 0.15) is 33.0 Å². The van der Waals surface area contributed by atoms with Crippen molar-refractivity contribution in [2.75, 3.05) is 13.1 Å². The minimum atomic E-state index is -4.55. The quantitative estimate of drug-likeness (QED) is 0.445. The number of hydrogen-bond donors (Lipinski definition) is 2. The molecule has 3 rings (SSSR count). The molecule has 0 aromatic heterocycles. The van der Waals surface area contributed by atoms with Crippen LogP contribution in [0.15, 0.2) is 42.5 Å². The summed E-state index contributed by atoms with van der Waals surface area (Å²) in [5.41, 5.74) is 1.29. The monoisotopic (exact) mass is 474 g/mol. The summed E-state index contributed by atoms with van der Waals surface area (Å²) in [7, 11) is 0. The number of aryl methyl sites for hydroxylation is 1. The van der Waals surface area contributed by atoms with Gasteiger partial charge in [0.2, 0.25) is 0 Å². The Bertz CT molecular complexity index is 997. The van der Waals surface area contributed by atoms with E-state index < -0.39 is 28.9 Å². The minimum absolute atomic E-state index is 0.0776. The van der Waals surface area contributed by atoms with Gasteiger partial charge in [0, 0.05) is 15.6 Å². The summed E-state index contributed by atoms with van der Waals surface area (Å²) in [4.78, 5) is 11.0. The zero-order valence-electron chi connectivity index (χ0n) is 16.3. The molecule has 31 heavy (non-hydrogen) atoms. The first-order chi connectivity index (χ1) is 14.3. The molecule has 0 spiro atoms. The highest BCUT2D eigenvalue weighted by Gasteiger charge is 2.39. The van der Waals surface area contributed by atoms with E-state index >= 15 is 0 Å². The van der Waals surface area contributed by atoms with Gasteiger partial charge < -0.3 is 10.5 Å². The zero-order valence-corrected chi connectivity index (χ0v) is 17.8. The average Bonchev–Trinajstić information content (AvgIpc) is 2.58. The molecule has 1 unspecified atom stereocenters. The molecule has 1 heterocycles. The summed E-state index contributed by atoms with van der Waals surface area (Å²) < 4.78 is 40.8. The Morgan fingerprint density at radius 2 is 1.84 bits per heavy atom. The lowest BCUT2D eigenvalue weighted by atomic mass is 9.96. The average molecular weight is 475 g/mol. The van der Waals surface area contributed by atoms with Crippen LogP contribution in [0.4, 0.5) is 13.2 Å². The van der Waals surface area contributed by atoms with Crippen molar-refractivity contribution >= 4 is 35.2 Å². The molecule has 2 aromatic carbocycles. The molecule has 0 radical (unpaired) electrons. The molecule has 1 aliphatic rings. The van der Waals surface area contributed by atoms with Crippen LogP contribution in [0.5, 0.6) is 0 Å². The van der Waals surface area contributed by atoms with Gasteiger partial charge in [-0.3, -0.25) is 4.79 Å². The van der Waals surface area contributed by atoms with Crippen LogP contribution in [0.2, 0.25) is 10.0 Å². The molecule has 5 nitrogen and oxygen atoms in total. The zero-order chi connectivity index (χ0) is 23.0. The molecule has 0 saturated carbocycles. The molecule has 1 saturated heterocycles. The number of hydroxylamine groups is 4. The van der Waals surface area contributed by atoms with Crippen molar-refractivity contribution in [1.29, 1.82) is 0 Å². The Hall–Kier alpha value is -2.10. The Morgan fingerprint density at radius 3 is 2.35 bits per heavy atom. The third-order valence-corrected chi connectivity index (χ3v) is 5.36. The number of alkyl halides is 3. The van der Waals surface area contributed by atoms with Gasteiger partial charge in [-0.25, -0.2) is 10.0 Å². The largest absolute Gasteiger partial charge is 0.598 e. The highest BCUT2D eigenvalue weighted by Crippen LogP contribution is 2.38. The predicted octanol–water partition coefficient (Wildman–Crippen LogP) is 5.48. The number of carbonyl (C=O) groups is 1. The molecular weight excluding hydrogens is 456 g/mol. The van der Waals surface area contributed by atoms with Crippen molar-refractivity contribution in [3.8, 4) is 0 Å². The van der Waals surface area contributed by atoms with Crippen LogP contribution in [-0.2, 0) is 0 Å². The Balaban J connectivity index is 1.77. The van der Waals surface area contributed by atoms with E-state index in [1.54, 1.807) is 13.0 Å². The Morgan fingerprint density at radius 1 is 1.23 bits per heavy atom. The first kappa shape index (κ1) is 23.6. The molecule has 10 heteroatoms. The molecule has 2 aromatic rings. The van der Waals surface area contributed by atoms with Crippen LogP contribution >= 0.6 is 23.2 Å². The number of quaternary nitrogens is 1. The number of amides is 1. The predicted molar refractivity (Wildman–Crippen MR) is 112 cm³/mol. The number of nitrogens with zero attached hydrogens (tertiary/aromatic N) is 1. The van der Waals surface area contributed by atoms with Crippen LogP contribution in [0.25, 0.3) is 6.08 Å². The van der Waals surface area contributed by atoms with E-state index in [1.165, 1.54) is 36.4 Å². The van der Waals surface area contributed by atoms with E-state index in [4.69, 9.17) is 28.4 Å². The van der Waals surface area contributed by atoms with Gasteiger partial charge in [0.05, 0.1) is 5.92 Å². The lowest BCUT2D eigenvalue weighted by Gasteiger charge is -2.46. The van der Waals surface area contributed by atoms with Gasteiger partial charge in [0.1, 0.15) is 19.1 Å². The Kier molecular flexibility index (Phi) is 6.69. The minimum Gasteiger partial charge on any atom is -0.598 e. The normalized spacial score (nSPS) is 22.3. The fraction of sp³-hybridized carbons (Fsp3) is 0.286. The first-order valence-electron chi connectivity index (χ1n) is 9.27. The molecule has 2 N–H and O–H groups in total. The summed E-state index contributed by atoms with van der Waals surface area (Å²) in [6, 6.07) is 7.98. The third-order valence-electron chi connectivity index (χ3n) is 4.92. The number of benzene rings is 2. The fourth-order valence-corrected chi connectivity index (χ4v) is 3.95. The summed E-state index contributed by atoms with van der Waals surface area (Å²) in [6.45, 7) is 1.40. The number of halogens is 5. The number of rotatable bonds is 5. The van der Waals surface area contributed by atoms with Gasteiger partial charge in [0.25, 0.3) is 5.91 Å². The van der Waals surface area contributed by atoms with E-state index in [1.807, 2.05) is 0 Å². The summed E-state index contributed by atoms with van der Waals surface area (Å²) >= 11 is 11.7. The summed E-state index contributed by atoms with van der Waals surface area (Å²) in [5, 5.41) is 23.2. The topological polar surface area (TPSA) is 72.4 Å². The molecule has 1 aliphatic heterocycles. The molecule has 1 amide bonds. The first-order valence-corrected chi connectivity index (χ1v) is 10.0. The van der Waals surface area contributed by atoms with Crippen molar-refractivity contribution in [1.82, 2.24) is 5.32 Å². The van der Waals surface area contributed by atoms with Gasteiger partial charge in [-0.1, -0.05) is 47.5 Å². The third kappa shape index (κ3) is 5.99. The van der Waals surface area contributed by atoms with Gasteiger partial charge in [-0.05, 0) is 47.9 Å². The molecule has 0 aliphatic carbocycles. The van der Waals surface area contributed by atoms with E-state index in [9.17, 15) is 23.2 Å². The number of hydrogen-bond acceptors (Lipinski definition) is 3. The van der Waals surface area contributed by atoms with Crippen LogP contribution in [0.3, 0.4) is 0 Å². The number of allylic oxidation sites excluding steroid dienone is 1. The van der Waals surface area contributed by atoms with Crippen LogP contribution in [0, 0.1) is 12.1 Å².